The lowest BCUT2D eigenvalue weighted by Gasteiger charge is -2.23. The molecule has 4 heteroatoms. The first kappa shape index (κ1) is 15.0. The van der Waals surface area contributed by atoms with E-state index in [4.69, 9.17) is 17.3 Å². The fourth-order valence-corrected chi connectivity index (χ4v) is 3.41. The summed E-state index contributed by atoms with van der Waals surface area (Å²) in [5.74, 6) is 0. The van der Waals surface area contributed by atoms with Gasteiger partial charge in [0, 0.05) is 30.2 Å². The lowest BCUT2D eigenvalue weighted by Crippen LogP contribution is -2.29. The fraction of sp³-hybridized carbons (Fsp3) is 0.412. The number of halogens is 1. The van der Waals surface area contributed by atoms with E-state index in [1.807, 2.05) is 24.3 Å². The molecule has 0 aliphatic heterocycles. The molecule has 1 fully saturated rings. The molecule has 1 aliphatic carbocycles. The molecule has 1 heterocycles. The second-order valence-electron chi connectivity index (χ2n) is 5.78. The smallest absolute Gasteiger partial charge is 0.0406 e. The summed E-state index contributed by atoms with van der Waals surface area (Å²) in [7, 11) is 0. The zero-order valence-corrected chi connectivity index (χ0v) is 13.6. The molecule has 0 spiro atoms. The zero-order valence-electron chi connectivity index (χ0n) is 12.0. The van der Waals surface area contributed by atoms with Crippen molar-refractivity contribution in [1.82, 2.24) is 4.90 Å². The first-order valence-corrected chi connectivity index (χ1v) is 8.80. The Balaban J connectivity index is 1.55. The van der Waals surface area contributed by atoms with Crippen LogP contribution in [0.3, 0.4) is 0 Å². The van der Waals surface area contributed by atoms with Gasteiger partial charge in [-0.15, -0.1) is 0 Å². The molecule has 2 N–H and O–H groups in total. The Morgan fingerprint density at radius 3 is 2.62 bits per heavy atom. The van der Waals surface area contributed by atoms with Crippen molar-refractivity contribution in [2.24, 2.45) is 5.73 Å². The van der Waals surface area contributed by atoms with Gasteiger partial charge >= 0.3 is 0 Å². The highest BCUT2D eigenvalue weighted by Crippen LogP contribution is 2.29. The largest absolute Gasteiger partial charge is 0.324 e. The molecule has 2 nitrogen and oxygen atoms in total. The average Bonchev–Trinajstić information content (AvgIpc) is 3.21. The van der Waals surface area contributed by atoms with Crippen LogP contribution < -0.4 is 5.73 Å². The van der Waals surface area contributed by atoms with Crippen LogP contribution in [0.15, 0.2) is 41.1 Å². The lowest BCUT2D eigenvalue weighted by molar-refractivity contribution is 0.245. The van der Waals surface area contributed by atoms with E-state index in [9.17, 15) is 0 Å². The van der Waals surface area contributed by atoms with Crippen LogP contribution in [0.2, 0.25) is 5.02 Å². The standard InChI is InChI=1S/C17H21ClN2S/c18-15-3-1-14(2-4-15)17(19)7-9-20(16-5-6-16)11-13-8-10-21-12-13/h1-4,8,10,12,16-17H,5-7,9,11,19H2. The second kappa shape index (κ2) is 6.93. The van der Waals surface area contributed by atoms with Gasteiger partial charge in [-0.2, -0.15) is 11.3 Å². The molecule has 1 unspecified atom stereocenters. The maximum atomic E-state index is 6.32. The highest BCUT2D eigenvalue weighted by Gasteiger charge is 2.29. The molecule has 1 aromatic carbocycles. The van der Waals surface area contributed by atoms with Crippen LogP contribution in [-0.2, 0) is 6.54 Å². The van der Waals surface area contributed by atoms with Crippen molar-refractivity contribution in [3.8, 4) is 0 Å². The minimum atomic E-state index is 0.0889. The summed E-state index contributed by atoms with van der Waals surface area (Å²) in [6, 6.07) is 11.0. The monoisotopic (exact) mass is 320 g/mol. The van der Waals surface area contributed by atoms with Crippen molar-refractivity contribution in [2.45, 2.75) is 37.9 Å². The highest BCUT2D eigenvalue weighted by molar-refractivity contribution is 7.07. The third kappa shape index (κ3) is 4.30. The van der Waals surface area contributed by atoms with E-state index in [-0.39, 0.29) is 6.04 Å². The molecule has 2 aromatic rings. The zero-order chi connectivity index (χ0) is 14.7. The Morgan fingerprint density at radius 1 is 1.24 bits per heavy atom. The Morgan fingerprint density at radius 2 is 2.00 bits per heavy atom. The predicted molar refractivity (Wildman–Crippen MR) is 90.7 cm³/mol. The van der Waals surface area contributed by atoms with Gasteiger partial charge in [-0.05, 0) is 59.3 Å². The summed E-state index contributed by atoms with van der Waals surface area (Å²) < 4.78 is 0. The van der Waals surface area contributed by atoms with Crippen molar-refractivity contribution in [3.05, 3.63) is 57.2 Å². The molecule has 0 bridgehead atoms. The minimum absolute atomic E-state index is 0.0889. The van der Waals surface area contributed by atoms with Crippen LogP contribution in [0.4, 0.5) is 0 Å². The molecular weight excluding hydrogens is 300 g/mol. The van der Waals surface area contributed by atoms with Crippen LogP contribution in [0.1, 0.15) is 36.4 Å². The van der Waals surface area contributed by atoms with Crippen LogP contribution in [-0.4, -0.2) is 17.5 Å². The Kier molecular flexibility index (Phi) is 4.96. The topological polar surface area (TPSA) is 29.3 Å². The van der Waals surface area contributed by atoms with E-state index in [0.29, 0.717) is 0 Å². The van der Waals surface area contributed by atoms with E-state index >= 15 is 0 Å². The molecule has 1 aliphatic rings. The molecular formula is C17H21ClN2S. The SMILES string of the molecule is NC(CCN(Cc1ccsc1)C1CC1)c1ccc(Cl)cc1. The molecule has 0 saturated heterocycles. The highest BCUT2D eigenvalue weighted by atomic mass is 35.5. The summed E-state index contributed by atoms with van der Waals surface area (Å²) in [6.45, 7) is 2.12. The second-order valence-corrected chi connectivity index (χ2v) is 7.00. The summed E-state index contributed by atoms with van der Waals surface area (Å²) >= 11 is 7.70. The predicted octanol–water partition coefficient (Wildman–Crippen LogP) is 4.46. The molecule has 1 atom stereocenters. The molecule has 1 aromatic heterocycles. The van der Waals surface area contributed by atoms with Gasteiger partial charge in [0.1, 0.15) is 0 Å². The number of benzene rings is 1. The number of thiophene rings is 1. The van der Waals surface area contributed by atoms with E-state index in [0.717, 1.165) is 30.6 Å². The first-order chi connectivity index (χ1) is 10.2. The summed E-state index contributed by atoms with van der Waals surface area (Å²) in [6.07, 6.45) is 3.66. The number of hydrogen-bond acceptors (Lipinski definition) is 3. The van der Waals surface area contributed by atoms with Crippen molar-refractivity contribution < 1.29 is 0 Å². The van der Waals surface area contributed by atoms with Crippen LogP contribution in [0.25, 0.3) is 0 Å². The molecule has 0 radical (unpaired) electrons. The third-order valence-corrected chi connectivity index (χ3v) is 5.04. The van der Waals surface area contributed by atoms with Gasteiger partial charge in [-0.25, -0.2) is 0 Å². The molecule has 21 heavy (non-hydrogen) atoms. The maximum absolute atomic E-state index is 6.32. The van der Waals surface area contributed by atoms with E-state index < -0.39 is 0 Å². The fourth-order valence-electron chi connectivity index (χ4n) is 2.63. The van der Waals surface area contributed by atoms with E-state index in [1.54, 1.807) is 11.3 Å². The average molecular weight is 321 g/mol. The van der Waals surface area contributed by atoms with Crippen molar-refractivity contribution in [3.63, 3.8) is 0 Å². The van der Waals surface area contributed by atoms with Gasteiger partial charge in [-0.1, -0.05) is 23.7 Å². The summed E-state index contributed by atoms with van der Waals surface area (Å²) in [4.78, 5) is 2.58. The van der Waals surface area contributed by atoms with Crippen molar-refractivity contribution in [2.75, 3.05) is 6.54 Å². The van der Waals surface area contributed by atoms with Gasteiger partial charge in [0.25, 0.3) is 0 Å². The molecule has 1 saturated carbocycles. The van der Waals surface area contributed by atoms with Crippen molar-refractivity contribution >= 4 is 22.9 Å². The minimum Gasteiger partial charge on any atom is -0.324 e. The summed E-state index contributed by atoms with van der Waals surface area (Å²) in [5, 5.41) is 5.16. The third-order valence-electron chi connectivity index (χ3n) is 4.05. The number of nitrogens with zero attached hydrogens (tertiary/aromatic N) is 1. The van der Waals surface area contributed by atoms with Gasteiger partial charge in [-0.3, -0.25) is 4.90 Å². The number of hydrogen-bond donors (Lipinski definition) is 1. The van der Waals surface area contributed by atoms with Crippen LogP contribution in [0.5, 0.6) is 0 Å². The lowest BCUT2D eigenvalue weighted by atomic mass is 10.0. The quantitative estimate of drug-likeness (QED) is 0.816. The maximum Gasteiger partial charge on any atom is 0.0406 e. The van der Waals surface area contributed by atoms with E-state index in [1.165, 1.54) is 24.0 Å². The Labute approximate surface area is 135 Å². The number of rotatable bonds is 7. The van der Waals surface area contributed by atoms with Gasteiger partial charge in [0.2, 0.25) is 0 Å². The molecule has 3 rings (SSSR count). The van der Waals surface area contributed by atoms with Crippen LogP contribution in [0, 0.1) is 0 Å². The van der Waals surface area contributed by atoms with Crippen LogP contribution >= 0.6 is 22.9 Å². The van der Waals surface area contributed by atoms with Gasteiger partial charge < -0.3 is 5.73 Å². The van der Waals surface area contributed by atoms with E-state index in [2.05, 4.69) is 21.7 Å². The first-order valence-electron chi connectivity index (χ1n) is 7.48. The van der Waals surface area contributed by atoms with Gasteiger partial charge in [0.15, 0.2) is 0 Å². The Bertz CT molecular complexity index is 549. The van der Waals surface area contributed by atoms with Crippen molar-refractivity contribution in [1.29, 1.82) is 0 Å². The summed E-state index contributed by atoms with van der Waals surface area (Å²) in [5.41, 5.74) is 8.91. The Hall–Kier alpha value is -0.870. The number of nitrogens with two attached hydrogens (primary N) is 1. The molecule has 0 amide bonds. The van der Waals surface area contributed by atoms with Gasteiger partial charge in [0.05, 0.1) is 0 Å². The normalized spacial score (nSPS) is 16.3. The molecule has 112 valence electrons.